The van der Waals surface area contributed by atoms with E-state index in [1.165, 1.54) is 7.11 Å². The van der Waals surface area contributed by atoms with Crippen LogP contribution in [-0.4, -0.2) is 26.2 Å². The molecular formula is C18H26O4S. The first-order valence-corrected chi connectivity index (χ1v) is 9.82. The molecule has 0 unspecified atom stereocenters. The maximum atomic E-state index is 13.0. The van der Waals surface area contributed by atoms with Crippen LogP contribution in [0.4, 0.5) is 0 Å². The lowest BCUT2D eigenvalue weighted by atomic mass is 9.60. The molecule has 0 atom stereocenters. The molecule has 0 amide bonds. The highest BCUT2D eigenvalue weighted by Crippen LogP contribution is 2.57. The third-order valence-corrected chi connectivity index (χ3v) is 8.06. The molecule has 23 heavy (non-hydrogen) atoms. The zero-order valence-corrected chi connectivity index (χ0v) is 15.0. The number of hydrogen-bond acceptors (Lipinski definition) is 4. The van der Waals surface area contributed by atoms with Gasteiger partial charge in [-0.25, -0.2) is 8.42 Å². The van der Waals surface area contributed by atoms with E-state index >= 15 is 0 Å². The SMILES string of the molecule is CC.COC(=O)C12CCC(S(=O)(=O)c3ccccc3)(CC1)CC2. The number of methoxy groups -OCH3 is 1. The molecule has 4 rings (SSSR count). The summed E-state index contributed by atoms with van der Waals surface area (Å²) in [4.78, 5) is 12.4. The van der Waals surface area contributed by atoms with Gasteiger partial charge < -0.3 is 4.74 Å². The molecule has 3 saturated carbocycles. The Balaban J connectivity index is 0.000000924. The number of ether oxygens (including phenoxy) is 1. The Morgan fingerprint density at radius 2 is 1.43 bits per heavy atom. The van der Waals surface area contributed by atoms with Gasteiger partial charge in [0.1, 0.15) is 0 Å². The minimum Gasteiger partial charge on any atom is -0.469 e. The molecule has 3 aliphatic rings. The highest BCUT2D eigenvalue weighted by molar-refractivity contribution is 7.92. The maximum Gasteiger partial charge on any atom is 0.311 e. The van der Waals surface area contributed by atoms with Crippen LogP contribution >= 0.6 is 0 Å². The Labute approximate surface area is 139 Å². The van der Waals surface area contributed by atoms with Crippen LogP contribution in [0.25, 0.3) is 0 Å². The van der Waals surface area contributed by atoms with Crippen molar-refractivity contribution < 1.29 is 17.9 Å². The Kier molecular flexibility index (Phi) is 5.19. The zero-order valence-electron chi connectivity index (χ0n) is 14.2. The summed E-state index contributed by atoms with van der Waals surface area (Å²) in [5.41, 5.74) is -0.442. The van der Waals surface area contributed by atoms with Crippen LogP contribution in [0.15, 0.2) is 35.2 Å². The number of esters is 1. The normalized spacial score (nSPS) is 29.3. The van der Waals surface area contributed by atoms with Crippen molar-refractivity contribution >= 4 is 15.8 Å². The first kappa shape index (κ1) is 18.0. The molecule has 4 nitrogen and oxygen atoms in total. The van der Waals surface area contributed by atoms with Crippen LogP contribution in [0.2, 0.25) is 0 Å². The minimum absolute atomic E-state index is 0.173. The Bertz CT molecular complexity index is 624. The van der Waals surface area contributed by atoms with E-state index < -0.39 is 20.0 Å². The molecule has 3 aliphatic carbocycles. The molecule has 128 valence electrons. The van der Waals surface area contributed by atoms with Crippen LogP contribution in [0, 0.1) is 5.41 Å². The number of sulfone groups is 1. The summed E-state index contributed by atoms with van der Waals surface area (Å²) in [6, 6.07) is 8.67. The standard InChI is InChI=1S/C16H20O4S.C2H6/c1-20-14(17)15-7-10-16(11-8-15,12-9-15)21(18,19)13-5-3-2-4-6-13;1-2/h2-6H,7-12H2,1H3;1-2H3. The van der Waals surface area contributed by atoms with Crippen molar-refractivity contribution in [2.45, 2.75) is 62.0 Å². The second kappa shape index (κ2) is 6.63. The van der Waals surface area contributed by atoms with E-state index in [9.17, 15) is 13.2 Å². The highest BCUT2D eigenvalue weighted by Gasteiger charge is 2.58. The molecule has 0 spiro atoms. The summed E-state index contributed by atoms with van der Waals surface area (Å²) < 4.78 is 30.2. The fourth-order valence-corrected chi connectivity index (χ4v) is 6.05. The molecule has 2 bridgehead atoms. The topological polar surface area (TPSA) is 60.4 Å². The Hall–Kier alpha value is -1.36. The van der Waals surface area contributed by atoms with Crippen molar-refractivity contribution in [2.24, 2.45) is 5.41 Å². The van der Waals surface area contributed by atoms with E-state index in [0.717, 1.165) is 0 Å². The van der Waals surface area contributed by atoms with Crippen LogP contribution in [0.1, 0.15) is 52.4 Å². The Morgan fingerprint density at radius 1 is 0.957 bits per heavy atom. The molecule has 1 aromatic rings. The van der Waals surface area contributed by atoms with Gasteiger partial charge in [0.15, 0.2) is 9.84 Å². The van der Waals surface area contributed by atoms with Crippen LogP contribution in [0.3, 0.4) is 0 Å². The van der Waals surface area contributed by atoms with E-state index in [0.29, 0.717) is 43.4 Å². The van der Waals surface area contributed by atoms with Gasteiger partial charge in [0, 0.05) is 0 Å². The van der Waals surface area contributed by atoms with Gasteiger partial charge in [0.25, 0.3) is 0 Å². The van der Waals surface area contributed by atoms with Crippen molar-refractivity contribution in [1.82, 2.24) is 0 Å². The molecule has 3 fully saturated rings. The number of benzene rings is 1. The number of rotatable bonds is 3. The summed E-state index contributed by atoms with van der Waals surface area (Å²) in [5.74, 6) is -0.173. The van der Waals surface area contributed by atoms with Crippen molar-refractivity contribution in [3.63, 3.8) is 0 Å². The maximum absolute atomic E-state index is 13.0. The van der Waals surface area contributed by atoms with Crippen molar-refractivity contribution in [1.29, 1.82) is 0 Å². The van der Waals surface area contributed by atoms with Gasteiger partial charge in [-0.15, -0.1) is 0 Å². The summed E-state index contributed by atoms with van der Waals surface area (Å²) in [6.45, 7) is 4.00. The van der Waals surface area contributed by atoms with E-state index in [1.54, 1.807) is 24.3 Å². The average molecular weight is 338 g/mol. The number of fused-ring (bicyclic) bond motifs is 3. The summed E-state index contributed by atoms with van der Waals surface area (Å²) in [7, 11) is -1.94. The predicted octanol–water partition coefficient (Wildman–Crippen LogP) is 3.75. The monoisotopic (exact) mass is 338 g/mol. The van der Waals surface area contributed by atoms with E-state index in [2.05, 4.69) is 0 Å². The average Bonchev–Trinajstić information content (AvgIpc) is 2.64. The fourth-order valence-electron chi connectivity index (χ4n) is 3.93. The van der Waals surface area contributed by atoms with Crippen molar-refractivity contribution in [2.75, 3.05) is 7.11 Å². The van der Waals surface area contributed by atoms with Gasteiger partial charge in [0.2, 0.25) is 0 Å². The van der Waals surface area contributed by atoms with Gasteiger partial charge in [-0.2, -0.15) is 0 Å². The molecule has 0 heterocycles. The van der Waals surface area contributed by atoms with Gasteiger partial charge in [-0.05, 0) is 50.7 Å². The largest absolute Gasteiger partial charge is 0.469 e. The second-order valence-corrected chi connectivity index (χ2v) is 8.62. The summed E-state index contributed by atoms with van der Waals surface area (Å²) in [5, 5.41) is 0. The van der Waals surface area contributed by atoms with Gasteiger partial charge in [0.05, 0.1) is 22.2 Å². The third-order valence-electron chi connectivity index (χ3n) is 5.42. The lowest BCUT2D eigenvalue weighted by Crippen LogP contribution is -2.53. The van der Waals surface area contributed by atoms with Crippen LogP contribution in [-0.2, 0) is 19.4 Å². The van der Waals surface area contributed by atoms with Gasteiger partial charge >= 0.3 is 5.97 Å². The van der Waals surface area contributed by atoms with E-state index in [-0.39, 0.29) is 5.97 Å². The third kappa shape index (κ3) is 2.80. The summed E-state index contributed by atoms with van der Waals surface area (Å²) in [6.07, 6.45) is 3.52. The minimum atomic E-state index is -3.35. The molecule has 0 aliphatic heterocycles. The second-order valence-electron chi connectivity index (χ2n) is 6.27. The quantitative estimate of drug-likeness (QED) is 0.788. The molecule has 0 aromatic heterocycles. The molecule has 5 heteroatoms. The lowest BCUT2D eigenvalue weighted by molar-refractivity contribution is -0.158. The molecule has 0 N–H and O–H groups in total. The zero-order chi connectivity index (χ0) is 17.1. The highest BCUT2D eigenvalue weighted by atomic mass is 32.2. The van der Waals surface area contributed by atoms with Crippen molar-refractivity contribution in [3.8, 4) is 0 Å². The van der Waals surface area contributed by atoms with Crippen LogP contribution < -0.4 is 0 Å². The molecule has 0 radical (unpaired) electrons. The van der Waals surface area contributed by atoms with E-state index in [1.807, 2.05) is 19.9 Å². The predicted molar refractivity (Wildman–Crippen MR) is 89.9 cm³/mol. The van der Waals surface area contributed by atoms with Crippen molar-refractivity contribution in [3.05, 3.63) is 30.3 Å². The smallest absolute Gasteiger partial charge is 0.311 e. The Morgan fingerprint density at radius 3 is 1.87 bits per heavy atom. The number of hydrogen-bond donors (Lipinski definition) is 0. The first-order chi connectivity index (χ1) is 11.0. The summed E-state index contributed by atoms with van der Waals surface area (Å²) >= 11 is 0. The fraction of sp³-hybridized carbons (Fsp3) is 0.611. The first-order valence-electron chi connectivity index (χ1n) is 8.34. The van der Waals surface area contributed by atoms with Gasteiger partial charge in [-0.1, -0.05) is 32.0 Å². The lowest BCUT2D eigenvalue weighted by Gasteiger charge is -2.50. The molecule has 1 aromatic carbocycles. The molecular weight excluding hydrogens is 312 g/mol. The number of carbonyl (C=O) groups is 1. The van der Waals surface area contributed by atoms with E-state index in [4.69, 9.17) is 4.74 Å². The van der Waals surface area contributed by atoms with Crippen LogP contribution in [0.5, 0.6) is 0 Å². The number of carbonyl (C=O) groups excluding carboxylic acids is 1. The van der Waals surface area contributed by atoms with Gasteiger partial charge in [-0.3, -0.25) is 4.79 Å². The molecule has 0 saturated heterocycles.